The van der Waals surface area contributed by atoms with Gasteiger partial charge in [-0.05, 0) is 68.6 Å². The van der Waals surface area contributed by atoms with Crippen LogP contribution >= 0.6 is 0 Å². The van der Waals surface area contributed by atoms with E-state index in [1.807, 2.05) is 4.90 Å². The Balaban J connectivity index is 1.40. The lowest BCUT2D eigenvalue weighted by molar-refractivity contribution is -0.151. The molecule has 5 fully saturated rings. The maximum absolute atomic E-state index is 13.2. The van der Waals surface area contributed by atoms with Crippen LogP contribution in [0.5, 0.6) is 0 Å². The average Bonchev–Trinajstić information content (AvgIpc) is 2.58. The zero-order chi connectivity index (χ0) is 16.7. The van der Waals surface area contributed by atoms with Crippen LogP contribution in [0.15, 0.2) is 0 Å². The van der Waals surface area contributed by atoms with E-state index >= 15 is 0 Å². The van der Waals surface area contributed by atoms with Crippen LogP contribution in [-0.4, -0.2) is 42.9 Å². The summed E-state index contributed by atoms with van der Waals surface area (Å²) in [6.07, 6.45) is 8.35. The Hall–Kier alpha value is -1.10. The van der Waals surface area contributed by atoms with Gasteiger partial charge < -0.3 is 16.0 Å². The van der Waals surface area contributed by atoms with E-state index in [-0.39, 0.29) is 17.7 Å². The molecule has 4 aliphatic carbocycles. The minimum Gasteiger partial charge on any atom is -0.355 e. The molecule has 1 unspecified atom stereocenters. The van der Waals surface area contributed by atoms with Gasteiger partial charge in [-0.3, -0.25) is 9.59 Å². The van der Waals surface area contributed by atoms with Crippen LogP contribution in [0.25, 0.3) is 0 Å². The Morgan fingerprint density at radius 3 is 2.33 bits per heavy atom. The maximum Gasteiger partial charge on any atom is 0.226 e. The molecule has 2 amide bonds. The molecule has 0 radical (unpaired) electrons. The molecule has 0 aromatic heterocycles. The molecule has 5 nitrogen and oxygen atoms in total. The van der Waals surface area contributed by atoms with Crippen molar-refractivity contribution in [3.8, 4) is 0 Å². The largest absolute Gasteiger partial charge is 0.355 e. The number of nitrogens with zero attached hydrogens (tertiary/aromatic N) is 1. The number of nitrogens with one attached hydrogen (secondary N) is 1. The Morgan fingerprint density at radius 2 is 1.71 bits per heavy atom. The van der Waals surface area contributed by atoms with Crippen LogP contribution < -0.4 is 11.1 Å². The van der Waals surface area contributed by atoms with Crippen molar-refractivity contribution in [2.75, 3.05) is 26.2 Å². The van der Waals surface area contributed by atoms with Crippen molar-refractivity contribution < 1.29 is 9.59 Å². The normalized spacial score (nSPS) is 40.6. The molecule has 134 valence electrons. The molecule has 5 rings (SSSR count). The average molecular weight is 333 g/mol. The Kier molecular flexibility index (Phi) is 4.54. The van der Waals surface area contributed by atoms with E-state index in [4.69, 9.17) is 5.73 Å². The lowest BCUT2D eigenvalue weighted by atomic mass is 9.51. The van der Waals surface area contributed by atoms with Crippen LogP contribution in [0.2, 0.25) is 0 Å². The van der Waals surface area contributed by atoms with Gasteiger partial charge in [0.15, 0.2) is 0 Å². The second-order valence-electron chi connectivity index (χ2n) is 8.66. The molecule has 4 bridgehead atoms. The molecule has 1 heterocycles. The number of hydrogen-bond acceptors (Lipinski definition) is 3. The van der Waals surface area contributed by atoms with Crippen LogP contribution in [0.4, 0.5) is 0 Å². The molecule has 0 spiro atoms. The van der Waals surface area contributed by atoms with Gasteiger partial charge in [0.25, 0.3) is 0 Å². The Labute approximate surface area is 144 Å². The van der Waals surface area contributed by atoms with Gasteiger partial charge in [0.05, 0.1) is 5.92 Å². The number of nitrogens with two attached hydrogens (primary N) is 1. The van der Waals surface area contributed by atoms with Crippen molar-refractivity contribution >= 4 is 11.8 Å². The maximum atomic E-state index is 13.2. The summed E-state index contributed by atoms with van der Waals surface area (Å²) in [4.78, 5) is 27.5. The lowest BCUT2D eigenvalue weighted by Gasteiger charge is -2.54. The topological polar surface area (TPSA) is 75.4 Å². The molecule has 1 aliphatic heterocycles. The predicted octanol–water partition coefficient (Wildman–Crippen LogP) is 1.37. The van der Waals surface area contributed by atoms with Crippen molar-refractivity contribution in [3.63, 3.8) is 0 Å². The summed E-state index contributed by atoms with van der Waals surface area (Å²) in [6.45, 7) is 2.44. The van der Waals surface area contributed by atoms with E-state index in [0.29, 0.717) is 37.4 Å². The SMILES string of the molecule is NCCNC(=O)C1CCCN(C(=O)C2C3CC4CC(C3)CC2C4)C1. The van der Waals surface area contributed by atoms with Crippen molar-refractivity contribution in [2.45, 2.75) is 44.9 Å². The first kappa shape index (κ1) is 16.4. The Morgan fingerprint density at radius 1 is 1.04 bits per heavy atom. The van der Waals surface area contributed by atoms with Crippen molar-refractivity contribution in [1.82, 2.24) is 10.2 Å². The first-order valence-corrected chi connectivity index (χ1v) is 9.92. The van der Waals surface area contributed by atoms with E-state index in [0.717, 1.165) is 31.2 Å². The highest BCUT2D eigenvalue weighted by atomic mass is 16.2. The summed E-state index contributed by atoms with van der Waals surface area (Å²) in [5.41, 5.74) is 5.47. The molecule has 1 saturated heterocycles. The molecule has 3 N–H and O–H groups in total. The molecule has 1 atom stereocenters. The van der Waals surface area contributed by atoms with E-state index < -0.39 is 0 Å². The third-order valence-corrected chi connectivity index (χ3v) is 7.06. The molecular weight excluding hydrogens is 302 g/mol. The van der Waals surface area contributed by atoms with Crippen molar-refractivity contribution in [3.05, 3.63) is 0 Å². The van der Waals surface area contributed by atoms with E-state index in [9.17, 15) is 9.59 Å². The fourth-order valence-electron chi connectivity index (χ4n) is 6.27. The zero-order valence-corrected chi connectivity index (χ0v) is 14.6. The highest BCUT2D eigenvalue weighted by Crippen LogP contribution is 2.56. The first-order chi connectivity index (χ1) is 11.7. The van der Waals surface area contributed by atoms with E-state index in [2.05, 4.69) is 5.32 Å². The van der Waals surface area contributed by atoms with Gasteiger partial charge in [-0.15, -0.1) is 0 Å². The fourth-order valence-corrected chi connectivity index (χ4v) is 6.27. The van der Waals surface area contributed by atoms with E-state index in [1.165, 1.54) is 32.1 Å². The number of likely N-dealkylation sites (tertiary alicyclic amines) is 1. The van der Waals surface area contributed by atoms with Gasteiger partial charge in [0.2, 0.25) is 11.8 Å². The van der Waals surface area contributed by atoms with Crippen LogP contribution in [0.3, 0.4) is 0 Å². The smallest absolute Gasteiger partial charge is 0.226 e. The lowest BCUT2D eigenvalue weighted by Crippen LogP contribution is -2.54. The first-order valence-electron chi connectivity index (χ1n) is 9.92. The quantitative estimate of drug-likeness (QED) is 0.816. The molecule has 5 heteroatoms. The summed E-state index contributed by atoms with van der Waals surface area (Å²) in [7, 11) is 0. The minimum absolute atomic E-state index is 0.0499. The van der Waals surface area contributed by atoms with Crippen LogP contribution in [-0.2, 0) is 9.59 Å². The van der Waals surface area contributed by atoms with Gasteiger partial charge in [0, 0.05) is 32.1 Å². The summed E-state index contributed by atoms with van der Waals surface area (Å²) in [5, 5.41) is 2.89. The van der Waals surface area contributed by atoms with Gasteiger partial charge in [-0.25, -0.2) is 0 Å². The number of amides is 2. The summed E-state index contributed by atoms with van der Waals surface area (Å²) in [5.74, 6) is 3.68. The molecule has 0 aromatic carbocycles. The van der Waals surface area contributed by atoms with E-state index in [1.54, 1.807) is 0 Å². The van der Waals surface area contributed by atoms with Gasteiger partial charge in [-0.2, -0.15) is 0 Å². The number of hydrogen-bond donors (Lipinski definition) is 2. The molecule has 4 saturated carbocycles. The molecular formula is C19H31N3O2. The second-order valence-corrected chi connectivity index (χ2v) is 8.66. The zero-order valence-electron chi connectivity index (χ0n) is 14.6. The van der Waals surface area contributed by atoms with Gasteiger partial charge >= 0.3 is 0 Å². The third kappa shape index (κ3) is 2.96. The summed E-state index contributed by atoms with van der Waals surface area (Å²) >= 11 is 0. The van der Waals surface area contributed by atoms with Crippen molar-refractivity contribution in [2.24, 2.45) is 41.2 Å². The minimum atomic E-state index is -0.0499. The highest BCUT2D eigenvalue weighted by Gasteiger charge is 2.51. The molecule has 5 aliphatic rings. The summed E-state index contributed by atoms with van der Waals surface area (Å²) < 4.78 is 0. The Bertz CT molecular complexity index is 479. The second kappa shape index (κ2) is 6.66. The number of rotatable bonds is 4. The monoisotopic (exact) mass is 333 g/mol. The third-order valence-electron chi connectivity index (χ3n) is 7.06. The highest BCUT2D eigenvalue weighted by molar-refractivity contribution is 5.83. The summed E-state index contributed by atoms with van der Waals surface area (Å²) in [6, 6.07) is 0. The molecule has 24 heavy (non-hydrogen) atoms. The molecule has 0 aromatic rings. The number of piperidine rings is 1. The number of carbonyl (C=O) groups excluding carboxylic acids is 2. The standard InChI is InChI=1S/C19H31N3O2/c20-3-4-21-18(23)14-2-1-5-22(11-14)19(24)17-15-7-12-6-13(9-15)10-16(17)8-12/h12-17H,1-11,20H2,(H,21,23). The fraction of sp³-hybridized carbons (Fsp3) is 0.895. The van der Waals surface area contributed by atoms with Crippen LogP contribution in [0.1, 0.15) is 44.9 Å². The predicted molar refractivity (Wildman–Crippen MR) is 91.9 cm³/mol. The van der Waals surface area contributed by atoms with Crippen molar-refractivity contribution in [1.29, 1.82) is 0 Å². The van der Waals surface area contributed by atoms with Gasteiger partial charge in [0.1, 0.15) is 0 Å². The van der Waals surface area contributed by atoms with Gasteiger partial charge in [-0.1, -0.05) is 0 Å². The number of carbonyl (C=O) groups is 2. The van der Waals surface area contributed by atoms with Crippen LogP contribution in [0, 0.1) is 35.5 Å².